The molecule has 0 aromatic heterocycles. The normalized spacial score (nSPS) is 42.4. The SMILES string of the molecule is CC(=O)O[C@@H]1[C@H]2[C@@H](OC(C)=O)[C@@](C)(OC(C)=O)C[C@]2(OC(C)=O)C(=O)/C(C)=C/[C@@H]2[C@H](CC[C@@]13CO3)C2(C)C. The highest BCUT2D eigenvalue weighted by Crippen LogP contribution is 2.64. The van der Waals surface area contributed by atoms with Crippen LogP contribution in [0.5, 0.6) is 0 Å². The van der Waals surface area contributed by atoms with E-state index in [2.05, 4.69) is 13.8 Å². The third-order valence-electron chi connectivity index (χ3n) is 8.92. The lowest BCUT2D eigenvalue weighted by atomic mass is 9.74. The summed E-state index contributed by atoms with van der Waals surface area (Å²) >= 11 is 0. The zero-order valence-corrected chi connectivity index (χ0v) is 23.4. The van der Waals surface area contributed by atoms with Crippen molar-refractivity contribution >= 4 is 29.7 Å². The van der Waals surface area contributed by atoms with Crippen LogP contribution in [0.4, 0.5) is 0 Å². The summed E-state index contributed by atoms with van der Waals surface area (Å²) in [5.74, 6) is -4.08. The molecular formula is C28H38O10. The molecule has 0 amide bonds. The highest BCUT2D eigenvalue weighted by molar-refractivity contribution is 6.03. The van der Waals surface area contributed by atoms with Gasteiger partial charge in [0.2, 0.25) is 5.78 Å². The van der Waals surface area contributed by atoms with E-state index < -0.39 is 64.6 Å². The molecule has 0 aromatic rings. The number of rotatable bonds is 4. The average molecular weight is 535 g/mol. The molecule has 0 bridgehead atoms. The van der Waals surface area contributed by atoms with Crippen molar-refractivity contribution in [3.63, 3.8) is 0 Å². The van der Waals surface area contributed by atoms with Gasteiger partial charge in [-0.2, -0.15) is 0 Å². The minimum atomic E-state index is -1.96. The molecule has 1 heterocycles. The van der Waals surface area contributed by atoms with Crippen molar-refractivity contribution < 1.29 is 47.7 Å². The number of Topliss-reactive ketones (excluding diaryl/α,β-unsaturated/α-hetero) is 1. The number of epoxide rings is 1. The fourth-order valence-electron chi connectivity index (χ4n) is 7.18. The minimum Gasteiger partial charge on any atom is -0.459 e. The second kappa shape index (κ2) is 9.17. The Hall–Kier alpha value is -2.75. The van der Waals surface area contributed by atoms with Crippen LogP contribution in [0, 0.1) is 23.2 Å². The molecule has 1 aliphatic heterocycles. The topological polar surface area (TPSA) is 135 Å². The summed E-state index contributed by atoms with van der Waals surface area (Å²) in [6, 6.07) is 0. The Morgan fingerprint density at radius 2 is 1.45 bits per heavy atom. The number of fused-ring (bicyclic) bond motifs is 2. The van der Waals surface area contributed by atoms with Crippen LogP contribution in [0.2, 0.25) is 0 Å². The van der Waals surface area contributed by atoms with Gasteiger partial charge < -0.3 is 23.7 Å². The lowest BCUT2D eigenvalue weighted by Gasteiger charge is -2.41. The Morgan fingerprint density at radius 1 is 0.895 bits per heavy atom. The standard InChI is InChI=1S/C28H38O10/c1-14-11-20-19(25(20,6)7)9-10-27(13-34-27)24(36-16(3)30)21-23(35-15(2)29)26(8,37-17(4)31)12-28(21,22(14)33)38-18(5)32/h11,19-21,23-24H,9-10,12-13H2,1-8H3/b14-11+/t19-,20+,21+,23+,24+,26-,27+,28+/m0/s1. The molecule has 3 aliphatic carbocycles. The summed E-state index contributed by atoms with van der Waals surface area (Å²) in [7, 11) is 0. The third-order valence-corrected chi connectivity index (χ3v) is 8.92. The van der Waals surface area contributed by atoms with Crippen LogP contribution in [-0.4, -0.2) is 65.3 Å². The van der Waals surface area contributed by atoms with E-state index in [0.717, 1.165) is 6.42 Å². The van der Waals surface area contributed by atoms with Gasteiger partial charge in [-0.25, -0.2) is 0 Å². The summed E-state index contributed by atoms with van der Waals surface area (Å²) < 4.78 is 29.3. The van der Waals surface area contributed by atoms with Gasteiger partial charge in [0.15, 0.2) is 17.3 Å². The van der Waals surface area contributed by atoms with Crippen LogP contribution in [-0.2, 0) is 47.7 Å². The lowest BCUT2D eigenvalue weighted by molar-refractivity contribution is -0.195. The molecule has 0 unspecified atom stereocenters. The summed E-state index contributed by atoms with van der Waals surface area (Å²) in [6.45, 7) is 12.5. The molecule has 210 valence electrons. The minimum absolute atomic E-state index is 0.0516. The number of carbonyl (C=O) groups excluding carboxylic acids is 5. The Labute approximate surface area is 222 Å². The van der Waals surface area contributed by atoms with Crippen LogP contribution >= 0.6 is 0 Å². The number of hydrogen-bond acceptors (Lipinski definition) is 10. The zero-order valence-electron chi connectivity index (χ0n) is 23.4. The molecule has 0 N–H and O–H groups in total. The first-order valence-corrected chi connectivity index (χ1v) is 13.1. The van der Waals surface area contributed by atoms with Crippen molar-refractivity contribution in [1.29, 1.82) is 0 Å². The van der Waals surface area contributed by atoms with Gasteiger partial charge in [-0.1, -0.05) is 19.9 Å². The van der Waals surface area contributed by atoms with E-state index in [1.807, 2.05) is 6.08 Å². The van der Waals surface area contributed by atoms with Crippen molar-refractivity contribution in [1.82, 2.24) is 0 Å². The molecule has 1 saturated heterocycles. The maximum absolute atomic E-state index is 14.4. The van der Waals surface area contributed by atoms with E-state index >= 15 is 0 Å². The van der Waals surface area contributed by atoms with Gasteiger partial charge in [-0.3, -0.25) is 24.0 Å². The van der Waals surface area contributed by atoms with Crippen LogP contribution in [0.1, 0.15) is 74.7 Å². The van der Waals surface area contributed by atoms with Gasteiger partial charge in [0.25, 0.3) is 0 Å². The van der Waals surface area contributed by atoms with Crippen molar-refractivity contribution in [2.75, 3.05) is 6.61 Å². The van der Waals surface area contributed by atoms with Gasteiger partial charge in [0.05, 0.1) is 12.5 Å². The molecule has 10 nitrogen and oxygen atoms in total. The first-order valence-electron chi connectivity index (χ1n) is 13.1. The maximum atomic E-state index is 14.4. The van der Waals surface area contributed by atoms with Crippen molar-refractivity contribution in [3.05, 3.63) is 11.6 Å². The molecule has 4 aliphatic rings. The van der Waals surface area contributed by atoms with Gasteiger partial charge in [0.1, 0.15) is 11.7 Å². The predicted molar refractivity (Wildman–Crippen MR) is 131 cm³/mol. The molecule has 38 heavy (non-hydrogen) atoms. The number of hydrogen-bond donors (Lipinski definition) is 0. The molecule has 2 saturated carbocycles. The van der Waals surface area contributed by atoms with Crippen molar-refractivity contribution in [2.24, 2.45) is 23.2 Å². The average Bonchev–Trinajstić information content (AvgIpc) is 3.62. The molecule has 4 rings (SSSR count). The molecule has 8 atom stereocenters. The Morgan fingerprint density at radius 3 is 1.95 bits per heavy atom. The second-order valence-corrected chi connectivity index (χ2v) is 12.2. The first kappa shape index (κ1) is 28.3. The third kappa shape index (κ3) is 4.65. The monoisotopic (exact) mass is 534 g/mol. The first-order chi connectivity index (χ1) is 17.5. The fourth-order valence-corrected chi connectivity index (χ4v) is 7.18. The summed E-state index contributed by atoms with van der Waals surface area (Å²) in [5, 5.41) is 0. The van der Waals surface area contributed by atoms with E-state index in [9.17, 15) is 24.0 Å². The number of allylic oxidation sites excluding steroid dienone is 1. The summed E-state index contributed by atoms with van der Waals surface area (Å²) in [6.07, 6.45) is 0.482. The molecule has 10 heteroatoms. The van der Waals surface area contributed by atoms with Crippen LogP contribution in [0.25, 0.3) is 0 Å². The lowest BCUT2D eigenvalue weighted by Crippen LogP contribution is -2.58. The number of ketones is 1. The van der Waals surface area contributed by atoms with Crippen LogP contribution in [0.3, 0.4) is 0 Å². The van der Waals surface area contributed by atoms with Crippen molar-refractivity contribution in [2.45, 2.75) is 104 Å². The van der Waals surface area contributed by atoms with Gasteiger partial charge >= 0.3 is 23.9 Å². The quantitative estimate of drug-likeness (QED) is 0.301. The summed E-state index contributed by atoms with van der Waals surface area (Å²) in [5.41, 5.74) is -4.20. The highest BCUT2D eigenvalue weighted by atomic mass is 16.6. The number of esters is 4. The molecule has 3 fully saturated rings. The van der Waals surface area contributed by atoms with E-state index in [0.29, 0.717) is 12.0 Å². The largest absolute Gasteiger partial charge is 0.459 e. The number of ether oxygens (including phenoxy) is 5. The Kier molecular flexibility index (Phi) is 6.82. The smallest absolute Gasteiger partial charge is 0.303 e. The highest BCUT2D eigenvalue weighted by Gasteiger charge is 2.75. The molecule has 1 spiro atoms. The molecule has 0 radical (unpaired) electrons. The van der Waals surface area contributed by atoms with Crippen molar-refractivity contribution in [3.8, 4) is 0 Å². The van der Waals surface area contributed by atoms with E-state index in [4.69, 9.17) is 23.7 Å². The Bertz CT molecular complexity index is 1100. The molecule has 0 aromatic carbocycles. The van der Waals surface area contributed by atoms with Crippen LogP contribution < -0.4 is 0 Å². The predicted octanol–water partition coefficient (Wildman–Crippen LogP) is 2.84. The van der Waals surface area contributed by atoms with Crippen LogP contribution in [0.15, 0.2) is 11.6 Å². The summed E-state index contributed by atoms with van der Waals surface area (Å²) in [4.78, 5) is 64.2. The van der Waals surface area contributed by atoms with Gasteiger partial charge in [-0.05, 0) is 49.5 Å². The Balaban J connectivity index is 2.00. The molecular weight excluding hydrogens is 496 g/mol. The maximum Gasteiger partial charge on any atom is 0.303 e. The zero-order chi connectivity index (χ0) is 28.4. The second-order valence-electron chi connectivity index (χ2n) is 12.2. The van der Waals surface area contributed by atoms with Gasteiger partial charge in [0, 0.05) is 34.1 Å². The fraction of sp³-hybridized carbons (Fsp3) is 0.750. The van der Waals surface area contributed by atoms with E-state index in [1.165, 1.54) is 34.6 Å². The van der Waals surface area contributed by atoms with E-state index in [1.54, 1.807) is 6.92 Å². The van der Waals surface area contributed by atoms with Gasteiger partial charge in [-0.15, -0.1) is 0 Å². The number of carbonyl (C=O) groups is 5. The van der Waals surface area contributed by atoms with E-state index in [-0.39, 0.29) is 30.3 Å².